The second-order valence-electron chi connectivity index (χ2n) is 5.52. The van der Waals surface area contributed by atoms with Crippen molar-refractivity contribution >= 4 is 16.9 Å². The van der Waals surface area contributed by atoms with Crippen LogP contribution in [0.25, 0.3) is 11.0 Å². The van der Waals surface area contributed by atoms with Gasteiger partial charge in [-0.1, -0.05) is 12.1 Å². The predicted octanol–water partition coefficient (Wildman–Crippen LogP) is 0.806. The van der Waals surface area contributed by atoms with Gasteiger partial charge in [0.15, 0.2) is 0 Å². The molecule has 6 heteroatoms. The Hall–Kier alpha value is -2.37. The van der Waals surface area contributed by atoms with Gasteiger partial charge in [-0.25, -0.2) is 0 Å². The number of amides is 1. The molecule has 1 aliphatic rings. The number of hydrogen-bond acceptors (Lipinski definition) is 3. The second-order valence-corrected chi connectivity index (χ2v) is 5.52. The van der Waals surface area contributed by atoms with Crippen molar-refractivity contribution in [2.24, 2.45) is 0 Å². The van der Waals surface area contributed by atoms with E-state index in [1.807, 2.05) is 19.1 Å². The van der Waals surface area contributed by atoms with Gasteiger partial charge >= 0.3 is 11.1 Å². The maximum absolute atomic E-state index is 12.4. The van der Waals surface area contributed by atoms with Crippen LogP contribution in [0.1, 0.15) is 19.8 Å². The van der Waals surface area contributed by atoms with Crippen molar-refractivity contribution in [1.82, 2.24) is 14.0 Å². The molecule has 116 valence electrons. The fraction of sp³-hybridized carbons (Fsp3) is 0.438. The Bertz CT molecular complexity index is 829. The van der Waals surface area contributed by atoms with Crippen LogP contribution in [-0.2, 0) is 17.9 Å². The zero-order chi connectivity index (χ0) is 15.7. The van der Waals surface area contributed by atoms with E-state index in [1.54, 1.807) is 17.0 Å². The van der Waals surface area contributed by atoms with Gasteiger partial charge in [-0.05, 0) is 31.9 Å². The normalized spacial score (nSPS) is 14.7. The summed E-state index contributed by atoms with van der Waals surface area (Å²) in [5.74, 6) is -0.0987. The van der Waals surface area contributed by atoms with E-state index in [2.05, 4.69) is 0 Å². The second kappa shape index (κ2) is 5.79. The van der Waals surface area contributed by atoms with Crippen LogP contribution in [-0.4, -0.2) is 33.0 Å². The highest BCUT2D eigenvalue weighted by Gasteiger charge is 2.20. The number of carbonyl (C=O) groups excluding carboxylic acids is 1. The summed E-state index contributed by atoms with van der Waals surface area (Å²) in [6.07, 6.45) is 2.00. The standard InChI is InChI=1S/C16H19N3O3/c1-2-18-12-7-3-4-8-13(12)19(16(22)15(18)21)11-14(20)17-9-5-6-10-17/h3-4,7-8H,2,5-6,9-11H2,1H3. The number of para-hydroxylation sites is 2. The van der Waals surface area contributed by atoms with E-state index < -0.39 is 11.1 Å². The van der Waals surface area contributed by atoms with Crippen LogP contribution in [0.2, 0.25) is 0 Å². The van der Waals surface area contributed by atoms with Crippen molar-refractivity contribution in [2.75, 3.05) is 13.1 Å². The predicted molar refractivity (Wildman–Crippen MR) is 84.0 cm³/mol. The third-order valence-corrected chi connectivity index (χ3v) is 4.20. The number of carbonyl (C=O) groups is 1. The van der Waals surface area contributed by atoms with E-state index in [0.717, 1.165) is 25.9 Å². The van der Waals surface area contributed by atoms with Crippen LogP contribution < -0.4 is 11.1 Å². The minimum atomic E-state index is -0.631. The number of likely N-dealkylation sites (tertiary alicyclic amines) is 1. The number of aromatic nitrogens is 2. The maximum atomic E-state index is 12.4. The summed E-state index contributed by atoms with van der Waals surface area (Å²) >= 11 is 0. The SMILES string of the molecule is CCn1c(=O)c(=O)n(CC(=O)N2CCCC2)c2ccccc21. The first kappa shape index (κ1) is 14.6. The molecule has 1 aliphatic heterocycles. The van der Waals surface area contributed by atoms with Crippen LogP contribution >= 0.6 is 0 Å². The fourth-order valence-electron chi connectivity index (χ4n) is 3.04. The molecule has 0 atom stereocenters. The van der Waals surface area contributed by atoms with Crippen molar-refractivity contribution < 1.29 is 4.79 Å². The molecule has 2 heterocycles. The molecule has 1 aromatic carbocycles. The largest absolute Gasteiger partial charge is 0.341 e. The van der Waals surface area contributed by atoms with Crippen molar-refractivity contribution in [2.45, 2.75) is 32.9 Å². The van der Waals surface area contributed by atoms with Gasteiger partial charge in [0.1, 0.15) is 6.54 Å². The molecule has 0 bridgehead atoms. The minimum absolute atomic E-state index is 0.0703. The lowest BCUT2D eigenvalue weighted by molar-refractivity contribution is -0.130. The summed E-state index contributed by atoms with van der Waals surface area (Å²) in [7, 11) is 0. The summed E-state index contributed by atoms with van der Waals surface area (Å²) in [6.45, 7) is 3.65. The minimum Gasteiger partial charge on any atom is -0.341 e. The first-order chi connectivity index (χ1) is 10.6. The Morgan fingerprint density at radius 2 is 1.55 bits per heavy atom. The average molecular weight is 301 g/mol. The summed E-state index contributed by atoms with van der Waals surface area (Å²) in [6, 6.07) is 7.21. The van der Waals surface area contributed by atoms with Crippen molar-refractivity contribution in [1.29, 1.82) is 0 Å². The van der Waals surface area contributed by atoms with E-state index in [4.69, 9.17) is 0 Å². The smallest absolute Gasteiger partial charge is 0.317 e. The molecule has 0 unspecified atom stereocenters. The third-order valence-electron chi connectivity index (χ3n) is 4.20. The lowest BCUT2D eigenvalue weighted by Gasteiger charge is -2.18. The number of rotatable bonds is 3. The molecule has 1 saturated heterocycles. The monoisotopic (exact) mass is 301 g/mol. The number of fused-ring (bicyclic) bond motifs is 1. The first-order valence-electron chi connectivity index (χ1n) is 7.63. The quantitative estimate of drug-likeness (QED) is 0.788. The van der Waals surface area contributed by atoms with Crippen LogP contribution in [0, 0.1) is 0 Å². The molecule has 0 radical (unpaired) electrons. The Kier molecular flexibility index (Phi) is 3.83. The van der Waals surface area contributed by atoms with Crippen molar-refractivity contribution in [3.05, 3.63) is 45.0 Å². The molecule has 6 nitrogen and oxygen atoms in total. The number of hydrogen-bond donors (Lipinski definition) is 0. The summed E-state index contributed by atoms with van der Waals surface area (Å²) in [5.41, 5.74) is 0.105. The number of benzene rings is 1. The molecule has 0 N–H and O–H groups in total. The Balaban J connectivity index is 2.13. The molecule has 0 spiro atoms. The average Bonchev–Trinajstić information content (AvgIpc) is 3.06. The summed E-state index contributed by atoms with van der Waals surface area (Å²) < 4.78 is 2.76. The zero-order valence-corrected chi connectivity index (χ0v) is 12.6. The van der Waals surface area contributed by atoms with Gasteiger partial charge in [0.25, 0.3) is 0 Å². The highest BCUT2D eigenvalue weighted by atomic mass is 16.2. The van der Waals surface area contributed by atoms with Crippen LogP contribution in [0.5, 0.6) is 0 Å². The van der Waals surface area contributed by atoms with Gasteiger partial charge < -0.3 is 9.47 Å². The molecular weight excluding hydrogens is 282 g/mol. The molecule has 0 saturated carbocycles. The Morgan fingerprint density at radius 3 is 2.14 bits per heavy atom. The molecule has 0 aliphatic carbocycles. The van der Waals surface area contributed by atoms with Gasteiger partial charge in [0.2, 0.25) is 5.91 Å². The van der Waals surface area contributed by atoms with E-state index >= 15 is 0 Å². The summed E-state index contributed by atoms with van der Waals surface area (Å²) in [5, 5.41) is 0. The molecule has 1 aromatic heterocycles. The van der Waals surface area contributed by atoms with E-state index in [9.17, 15) is 14.4 Å². The van der Waals surface area contributed by atoms with E-state index in [-0.39, 0.29) is 12.5 Å². The molecule has 1 fully saturated rings. The van der Waals surface area contributed by atoms with Gasteiger partial charge in [-0.3, -0.25) is 19.0 Å². The summed E-state index contributed by atoms with van der Waals surface area (Å²) in [4.78, 5) is 38.7. The molecular formula is C16H19N3O3. The zero-order valence-electron chi connectivity index (χ0n) is 12.6. The van der Waals surface area contributed by atoms with Gasteiger partial charge in [0.05, 0.1) is 11.0 Å². The maximum Gasteiger partial charge on any atom is 0.317 e. The molecule has 1 amide bonds. The Labute approximate surface area is 127 Å². The number of nitrogens with zero attached hydrogens (tertiary/aromatic N) is 3. The first-order valence-corrected chi connectivity index (χ1v) is 7.63. The third kappa shape index (κ3) is 2.34. The topological polar surface area (TPSA) is 64.3 Å². The molecule has 2 aromatic rings. The lowest BCUT2D eigenvalue weighted by atomic mass is 10.2. The molecule has 22 heavy (non-hydrogen) atoms. The number of aryl methyl sites for hydroxylation is 1. The lowest BCUT2D eigenvalue weighted by Crippen LogP contribution is -2.44. The highest BCUT2D eigenvalue weighted by Crippen LogP contribution is 2.12. The van der Waals surface area contributed by atoms with Gasteiger partial charge in [0, 0.05) is 19.6 Å². The van der Waals surface area contributed by atoms with Crippen LogP contribution in [0.3, 0.4) is 0 Å². The van der Waals surface area contributed by atoms with Gasteiger partial charge in [-0.15, -0.1) is 0 Å². The fourth-order valence-corrected chi connectivity index (χ4v) is 3.04. The van der Waals surface area contributed by atoms with Crippen LogP contribution in [0.15, 0.2) is 33.9 Å². The van der Waals surface area contributed by atoms with Crippen LogP contribution in [0.4, 0.5) is 0 Å². The van der Waals surface area contributed by atoms with E-state index in [1.165, 1.54) is 9.13 Å². The van der Waals surface area contributed by atoms with E-state index in [0.29, 0.717) is 17.6 Å². The van der Waals surface area contributed by atoms with Crippen molar-refractivity contribution in [3.63, 3.8) is 0 Å². The van der Waals surface area contributed by atoms with Gasteiger partial charge in [-0.2, -0.15) is 0 Å². The Morgan fingerprint density at radius 1 is 1.00 bits per heavy atom. The van der Waals surface area contributed by atoms with Crippen molar-refractivity contribution in [3.8, 4) is 0 Å². The molecule has 3 rings (SSSR count). The highest BCUT2D eigenvalue weighted by molar-refractivity contribution is 5.80.